The maximum Gasteiger partial charge on any atom is 0.269 e. The highest BCUT2D eigenvalue weighted by atomic mass is 16.6. The highest BCUT2D eigenvalue weighted by Gasteiger charge is 2.27. The van der Waals surface area contributed by atoms with E-state index >= 15 is 0 Å². The third-order valence-corrected chi connectivity index (χ3v) is 6.85. The summed E-state index contributed by atoms with van der Waals surface area (Å²) in [5.41, 5.74) is 5.42. The van der Waals surface area contributed by atoms with Crippen molar-refractivity contribution >= 4 is 17.3 Å². The first-order valence-electron chi connectivity index (χ1n) is 12.2. The van der Waals surface area contributed by atoms with E-state index in [2.05, 4.69) is 9.47 Å². The predicted octanol–water partition coefficient (Wildman–Crippen LogP) is 5.33. The van der Waals surface area contributed by atoms with Crippen LogP contribution in [0.3, 0.4) is 0 Å². The minimum Gasteiger partial charge on any atom is -0.497 e. The van der Waals surface area contributed by atoms with Crippen LogP contribution < -0.4 is 9.64 Å². The number of carbonyl (C=O) groups is 1. The van der Waals surface area contributed by atoms with Crippen LogP contribution in [0.15, 0.2) is 84.9 Å². The summed E-state index contributed by atoms with van der Waals surface area (Å²) in [5.74, 6) is 0.755. The Kier molecular flexibility index (Phi) is 6.64. The molecule has 0 spiro atoms. The molecular formula is C29H28N4O4. The highest BCUT2D eigenvalue weighted by Crippen LogP contribution is 2.32. The largest absolute Gasteiger partial charge is 0.497 e. The Balaban J connectivity index is 1.41. The molecule has 0 saturated carbocycles. The molecule has 0 N–H and O–H groups in total. The molecule has 1 fully saturated rings. The molecule has 0 unspecified atom stereocenters. The van der Waals surface area contributed by atoms with E-state index in [9.17, 15) is 14.9 Å². The molecule has 0 bridgehead atoms. The van der Waals surface area contributed by atoms with Crippen molar-refractivity contribution in [1.29, 1.82) is 0 Å². The summed E-state index contributed by atoms with van der Waals surface area (Å²) in [4.78, 5) is 28.3. The van der Waals surface area contributed by atoms with Crippen molar-refractivity contribution in [3.63, 3.8) is 0 Å². The molecule has 1 aliphatic heterocycles. The number of carbonyl (C=O) groups excluding carboxylic acids is 1. The van der Waals surface area contributed by atoms with E-state index in [0.29, 0.717) is 31.7 Å². The van der Waals surface area contributed by atoms with Crippen LogP contribution in [-0.4, -0.2) is 53.6 Å². The number of piperazine rings is 1. The average Bonchev–Trinajstić information content (AvgIpc) is 3.30. The number of hydrogen-bond acceptors (Lipinski definition) is 5. The second-order valence-electron chi connectivity index (χ2n) is 8.98. The van der Waals surface area contributed by atoms with Gasteiger partial charge < -0.3 is 19.1 Å². The smallest absolute Gasteiger partial charge is 0.269 e. The van der Waals surface area contributed by atoms with E-state index in [1.165, 1.54) is 12.1 Å². The van der Waals surface area contributed by atoms with Crippen molar-refractivity contribution in [2.24, 2.45) is 0 Å². The van der Waals surface area contributed by atoms with Crippen LogP contribution in [0.2, 0.25) is 0 Å². The normalized spacial score (nSPS) is 13.5. The summed E-state index contributed by atoms with van der Waals surface area (Å²) in [6, 6.07) is 26.4. The number of nitro groups is 1. The van der Waals surface area contributed by atoms with Gasteiger partial charge in [0, 0.05) is 60.9 Å². The van der Waals surface area contributed by atoms with Crippen molar-refractivity contribution < 1.29 is 14.5 Å². The van der Waals surface area contributed by atoms with E-state index in [4.69, 9.17) is 4.74 Å². The van der Waals surface area contributed by atoms with Gasteiger partial charge in [0.25, 0.3) is 11.6 Å². The van der Waals surface area contributed by atoms with Gasteiger partial charge in [-0.1, -0.05) is 30.3 Å². The van der Waals surface area contributed by atoms with E-state index in [1.54, 1.807) is 19.2 Å². The number of amides is 1. The van der Waals surface area contributed by atoms with E-state index in [1.807, 2.05) is 72.5 Å². The number of nitro benzene ring substituents is 1. The van der Waals surface area contributed by atoms with Gasteiger partial charge in [-0.25, -0.2) is 0 Å². The standard InChI is InChI=1S/C29H28N4O4/c1-21-27(29(34)31-17-15-30(16-18-31)23-11-13-25(14-12-23)33(35)36)20-28(22-7-6-10-26(19-22)37-2)32(21)24-8-4-3-5-9-24/h3-14,19-20H,15-18H2,1-2H3. The van der Waals surface area contributed by atoms with Crippen LogP contribution >= 0.6 is 0 Å². The third kappa shape index (κ3) is 4.78. The van der Waals surface area contributed by atoms with Gasteiger partial charge in [-0.05, 0) is 49.4 Å². The SMILES string of the molecule is COc1cccc(-c2cc(C(=O)N3CCN(c4ccc([N+](=O)[O-])cc4)CC3)c(C)n2-c2ccccc2)c1. The molecule has 4 aromatic rings. The maximum absolute atomic E-state index is 13.7. The van der Waals surface area contributed by atoms with Crippen molar-refractivity contribution in [3.05, 3.63) is 106 Å². The number of hydrogen-bond donors (Lipinski definition) is 0. The fourth-order valence-corrected chi connectivity index (χ4v) is 4.85. The molecule has 2 heterocycles. The van der Waals surface area contributed by atoms with Crippen molar-refractivity contribution in [1.82, 2.24) is 9.47 Å². The predicted molar refractivity (Wildman–Crippen MR) is 144 cm³/mol. The molecule has 1 aliphatic rings. The Morgan fingerprint density at radius 2 is 1.57 bits per heavy atom. The molecule has 188 valence electrons. The van der Waals surface area contributed by atoms with Crippen LogP contribution in [-0.2, 0) is 0 Å². The average molecular weight is 497 g/mol. The quantitative estimate of drug-likeness (QED) is 0.266. The lowest BCUT2D eigenvalue weighted by Crippen LogP contribution is -2.48. The number of non-ortho nitro benzene ring substituents is 1. The van der Waals surface area contributed by atoms with Gasteiger partial charge in [0.05, 0.1) is 23.3 Å². The molecule has 1 aromatic heterocycles. The summed E-state index contributed by atoms with van der Waals surface area (Å²) in [7, 11) is 1.64. The van der Waals surface area contributed by atoms with Crippen molar-refractivity contribution in [2.75, 3.05) is 38.2 Å². The minimum atomic E-state index is -0.399. The summed E-state index contributed by atoms with van der Waals surface area (Å²) in [5, 5.41) is 10.9. The number of benzene rings is 3. The molecule has 8 nitrogen and oxygen atoms in total. The molecule has 8 heteroatoms. The summed E-state index contributed by atoms with van der Waals surface area (Å²) < 4.78 is 7.56. The van der Waals surface area contributed by atoms with Crippen LogP contribution in [0.5, 0.6) is 5.75 Å². The van der Waals surface area contributed by atoms with Gasteiger partial charge in [0.15, 0.2) is 0 Å². The van der Waals surface area contributed by atoms with Crippen LogP contribution in [0.4, 0.5) is 11.4 Å². The second-order valence-corrected chi connectivity index (χ2v) is 8.98. The molecule has 37 heavy (non-hydrogen) atoms. The Morgan fingerprint density at radius 3 is 2.22 bits per heavy atom. The highest BCUT2D eigenvalue weighted by molar-refractivity contribution is 5.97. The zero-order valence-electron chi connectivity index (χ0n) is 20.8. The molecule has 0 atom stereocenters. The summed E-state index contributed by atoms with van der Waals surface area (Å²) in [6.45, 7) is 4.44. The van der Waals surface area contributed by atoms with Gasteiger partial charge in [0.2, 0.25) is 0 Å². The first-order chi connectivity index (χ1) is 18.0. The number of rotatable bonds is 6. The summed E-state index contributed by atoms with van der Waals surface area (Å²) in [6.07, 6.45) is 0. The molecular weight excluding hydrogens is 468 g/mol. The monoisotopic (exact) mass is 496 g/mol. The van der Waals surface area contributed by atoms with Gasteiger partial charge >= 0.3 is 0 Å². The van der Waals surface area contributed by atoms with Gasteiger partial charge in [-0.3, -0.25) is 14.9 Å². The lowest BCUT2D eigenvalue weighted by molar-refractivity contribution is -0.384. The van der Waals surface area contributed by atoms with Crippen molar-refractivity contribution in [3.8, 4) is 22.7 Å². The number of aromatic nitrogens is 1. The Morgan fingerprint density at radius 1 is 0.865 bits per heavy atom. The van der Waals surface area contributed by atoms with Gasteiger partial charge in [0.1, 0.15) is 5.75 Å². The Hall–Kier alpha value is -4.59. The van der Waals surface area contributed by atoms with Gasteiger partial charge in [-0.15, -0.1) is 0 Å². The number of methoxy groups -OCH3 is 1. The zero-order chi connectivity index (χ0) is 25.9. The number of ether oxygens (including phenoxy) is 1. The molecule has 5 rings (SSSR count). The third-order valence-electron chi connectivity index (χ3n) is 6.85. The molecule has 0 aliphatic carbocycles. The van der Waals surface area contributed by atoms with E-state index < -0.39 is 4.92 Å². The Labute approximate surface area is 215 Å². The first-order valence-corrected chi connectivity index (χ1v) is 12.2. The first kappa shape index (κ1) is 24.1. The van der Waals surface area contributed by atoms with Crippen LogP contribution in [0.25, 0.3) is 16.9 Å². The lowest BCUT2D eigenvalue weighted by Gasteiger charge is -2.36. The van der Waals surface area contributed by atoms with Crippen molar-refractivity contribution in [2.45, 2.75) is 6.92 Å². The van der Waals surface area contributed by atoms with E-state index in [0.717, 1.165) is 34.1 Å². The lowest BCUT2D eigenvalue weighted by atomic mass is 10.1. The maximum atomic E-state index is 13.7. The van der Waals surface area contributed by atoms with Crippen LogP contribution in [0.1, 0.15) is 16.1 Å². The topological polar surface area (TPSA) is 80.8 Å². The van der Waals surface area contributed by atoms with Crippen LogP contribution in [0, 0.1) is 17.0 Å². The fraction of sp³-hybridized carbons (Fsp3) is 0.207. The molecule has 1 saturated heterocycles. The summed E-state index contributed by atoms with van der Waals surface area (Å²) >= 11 is 0. The number of nitrogens with zero attached hydrogens (tertiary/aromatic N) is 4. The minimum absolute atomic E-state index is 0.000299. The molecule has 0 radical (unpaired) electrons. The Bertz CT molecular complexity index is 1420. The zero-order valence-corrected chi connectivity index (χ0v) is 20.8. The number of para-hydroxylation sites is 1. The van der Waals surface area contributed by atoms with Gasteiger partial charge in [-0.2, -0.15) is 0 Å². The van der Waals surface area contributed by atoms with E-state index in [-0.39, 0.29) is 11.6 Å². The molecule has 3 aromatic carbocycles. The second kappa shape index (κ2) is 10.2. The molecule has 1 amide bonds. The number of anilines is 1. The fourth-order valence-electron chi connectivity index (χ4n) is 4.85.